The fourth-order valence-corrected chi connectivity index (χ4v) is 7.62. The van der Waals surface area contributed by atoms with Gasteiger partial charge in [-0.05, 0) is 81.7 Å². The average molecular weight is 934 g/mol. The number of hydrogen-bond donors (Lipinski definition) is 2. The predicted octanol–water partition coefficient (Wildman–Crippen LogP) is 4.12. The Labute approximate surface area is 390 Å². The van der Waals surface area contributed by atoms with Crippen LogP contribution in [0.4, 0.5) is 4.79 Å². The molecular weight excluding hydrogens is 859 g/mol. The Morgan fingerprint density at radius 2 is 1.23 bits per heavy atom. The van der Waals surface area contributed by atoms with Gasteiger partial charge in [0.05, 0.1) is 98.0 Å². The fraction of sp³-hybridized carbons (Fsp3) is 0.745. The van der Waals surface area contributed by atoms with Gasteiger partial charge in [-0.25, -0.2) is 4.79 Å². The summed E-state index contributed by atoms with van der Waals surface area (Å²) in [4.78, 5) is 50.3. The van der Waals surface area contributed by atoms with E-state index in [9.17, 15) is 19.2 Å². The van der Waals surface area contributed by atoms with Crippen LogP contribution in [0.5, 0.6) is 5.75 Å². The van der Waals surface area contributed by atoms with Crippen molar-refractivity contribution in [1.82, 2.24) is 15.5 Å². The third kappa shape index (κ3) is 21.3. The minimum absolute atomic E-state index is 0.0281. The summed E-state index contributed by atoms with van der Waals surface area (Å²) in [7, 11) is 0. The Bertz CT molecular complexity index is 1620. The Hall–Kier alpha value is -4.08. The summed E-state index contributed by atoms with van der Waals surface area (Å²) in [6, 6.07) is 7.94. The maximum absolute atomic E-state index is 12.6. The number of nitrogens with zero attached hydrogens (tertiary/aromatic N) is 3. The van der Waals surface area contributed by atoms with Crippen molar-refractivity contribution in [2.75, 3.05) is 125 Å². The van der Waals surface area contributed by atoms with Crippen molar-refractivity contribution in [3.63, 3.8) is 0 Å². The fourth-order valence-electron chi connectivity index (χ4n) is 7.62. The van der Waals surface area contributed by atoms with Gasteiger partial charge in [-0.3, -0.25) is 19.3 Å². The van der Waals surface area contributed by atoms with Crippen LogP contribution in [0.3, 0.4) is 0 Å². The zero-order valence-corrected chi connectivity index (χ0v) is 39.5. The number of rotatable bonds is 35. The van der Waals surface area contributed by atoms with Gasteiger partial charge in [0.25, 0.3) is 5.91 Å². The van der Waals surface area contributed by atoms with Gasteiger partial charge in [0.15, 0.2) is 0 Å². The normalized spacial score (nSPS) is 19.7. The van der Waals surface area contributed by atoms with E-state index in [-0.39, 0.29) is 55.0 Å². The van der Waals surface area contributed by atoms with Crippen LogP contribution in [0.25, 0.3) is 0 Å². The molecule has 3 aliphatic rings. The van der Waals surface area contributed by atoms with Crippen molar-refractivity contribution < 1.29 is 66.5 Å². The molecule has 2 N–H and O–H groups in total. The molecule has 372 valence electrons. The summed E-state index contributed by atoms with van der Waals surface area (Å²) >= 11 is 0. The first-order valence-electron chi connectivity index (χ1n) is 23.9. The first-order valence-corrected chi connectivity index (χ1v) is 23.9. The number of hydrogen-bond acceptors (Lipinski definition) is 16. The summed E-state index contributed by atoms with van der Waals surface area (Å²) in [6.45, 7) is 14.0. The summed E-state index contributed by atoms with van der Waals surface area (Å²) in [5.74, 6) is 0.242. The van der Waals surface area contributed by atoms with Crippen molar-refractivity contribution in [3.8, 4) is 5.75 Å². The molecule has 1 aliphatic carbocycles. The summed E-state index contributed by atoms with van der Waals surface area (Å²) in [6.07, 6.45) is 4.71. The van der Waals surface area contributed by atoms with E-state index in [4.69, 9.17) is 47.4 Å². The number of carbonyl (C=O) groups excluding carboxylic acids is 4. The molecule has 19 nitrogen and oxygen atoms in total. The molecule has 4 rings (SSSR count). The highest BCUT2D eigenvalue weighted by Crippen LogP contribution is 2.35. The molecule has 2 heterocycles. The van der Waals surface area contributed by atoms with E-state index >= 15 is 0 Å². The lowest BCUT2D eigenvalue weighted by Gasteiger charge is -2.34. The van der Waals surface area contributed by atoms with Crippen LogP contribution in [0.1, 0.15) is 84.1 Å². The van der Waals surface area contributed by atoms with Crippen LogP contribution >= 0.6 is 0 Å². The van der Waals surface area contributed by atoms with Crippen LogP contribution in [-0.4, -0.2) is 178 Å². The molecule has 19 heteroatoms. The van der Waals surface area contributed by atoms with Gasteiger partial charge in [-0.15, -0.1) is 0 Å². The molecular formula is C47H75N5O14. The third-order valence-electron chi connectivity index (χ3n) is 11.0. The maximum atomic E-state index is 12.6. The van der Waals surface area contributed by atoms with Crippen molar-refractivity contribution in [2.24, 2.45) is 22.0 Å². The highest BCUT2D eigenvalue weighted by atomic mass is 16.6. The molecule has 4 unspecified atom stereocenters. The van der Waals surface area contributed by atoms with Crippen LogP contribution < -0.4 is 15.4 Å². The van der Waals surface area contributed by atoms with Crippen LogP contribution in [-0.2, 0) is 57.0 Å². The Morgan fingerprint density at radius 3 is 1.85 bits per heavy atom. The van der Waals surface area contributed by atoms with Gasteiger partial charge in [0.2, 0.25) is 11.8 Å². The molecule has 2 fully saturated rings. The second-order valence-corrected chi connectivity index (χ2v) is 16.1. The number of carbonyl (C=O) groups is 4. The van der Waals surface area contributed by atoms with Gasteiger partial charge >= 0.3 is 6.09 Å². The molecule has 2 aliphatic heterocycles. The maximum Gasteiger partial charge on any atom is 0.407 e. The lowest BCUT2D eigenvalue weighted by molar-refractivity contribution is -0.142. The van der Waals surface area contributed by atoms with E-state index in [0.717, 1.165) is 79.2 Å². The molecule has 1 saturated heterocycles. The first-order chi connectivity index (χ1) is 32.3. The van der Waals surface area contributed by atoms with E-state index in [2.05, 4.69) is 27.8 Å². The number of benzene rings is 1. The molecule has 4 atom stereocenters. The smallest absolute Gasteiger partial charge is 0.407 e. The van der Waals surface area contributed by atoms with E-state index in [0.29, 0.717) is 112 Å². The minimum Gasteiger partial charge on any atom is -0.491 e. The number of amides is 4. The average Bonchev–Trinajstić information content (AvgIpc) is 3.58. The van der Waals surface area contributed by atoms with E-state index in [1.807, 2.05) is 38.1 Å². The van der Waals surface area contributed by atoms with Crippen molar-refractivity contribution in [3.05, 3.63) is 29.8 Å². The highest BCUT2D eigenvalue weighted by molar-refractivity contribution is 6.07. The second-order valence-electron chi connectivity index (χ2n) is 16.1. The summed E-state index contributed by atoms with van der Waals surface area (Å²) in [5, 5.41) is 14.7. The Morgan fingerprint density at radius 1 is 0.652 bits per heavy atom. The largest absolute Gasteiger partial charge is 0.491 e. The topological polar surface area (TPSA) is 213 Å². The van der Waals surface area contributed by atoms with Gasteiger partial charge in [-0.1, -0.05) is 13.8 Å². The van der Waals surface area contributed by atoms with E-state index in [1.165, 1.54) is 0 Å². The summed E-state index contributed by atoms with van der Waals surface area (Å²) in [5.41, 5.74) is 3.01. The van der Waals surface area contributed by atoms with Crippen LogP contribution in [0.15, 0.2) is 34.5 Å². The lowest BCUT2D eigenvalue weighted by atomic mass is 9.74. The van der Waals surface area contributed by atoms with E-state index in [1.54, 1.807) is 0 Å². The predicted molar refractivity (Wildman–Crippen MR) is 245 cm³/mol. The van der Waals surface area contributed by atoms with Gasteiger partial charge < -0.3 is 58.0 Å². The Balaban J connectivity index is 0.978. The summed E-state index contributed by atoms with van der Waals surface area (Å²) < 4.78 is 55.7. The number of likely N-dealkylation sites (tertiary alicyclic amines) is 1. The van der Waals surface area contributed by atoms with Gasteiger partial charge in [0, 0.05) is 56.8 Å². The van der Waals surface area contributed by atoms with Crippen molar-refractivity contribution >= 4 is 35.2 Å². The number of imide groups is 1. The standard InChI is InChI=1S/C47H75N5O14/c1-4-19-57-23-26-60-29-30-61-28-25-59-22-17-49-47(56)66-39-7-6-8-41-40(14-13-39)36(3)50-51-45(41)37-9-11-38(12-10-37)64-34-33-63-32-31-62-27-24-58-21-16-48-43(53)15-18-52-44(54)35-42(46(52)55)65-20-5-2/h9-12,39-42H,4-8,13-35H2,1-3H3,(H,48,53)(H,49,56). The third-order valence-corrected chi connectivity index (χ3v) is 11.0. The lowest BCUT2D eigenvalue weighted by Crippen LogP contribution is -2.37. The minimum atomic E-state index is -0.740. The number of ether oxygens (including phenoxy) is 10. The molecule has 0 spiro atoms. The van der Waals surface area contributed by atoms with Gasteiger partial charge in [-0.2, -0.15) is 10.2 Å². The van der Waals surface area contributed by atoms with Crippen LogP contribution in [0, 0.1) is 11.8 Å². The molecule has 1 aromatic carbocycles. The molecule has 66 heavy (non-hydrogen) atoms. The quantitative estimate of drug-likeness (QED) is 0.0725. The van der Waals surface area contributed by atoms with E-state index < -0.39 is 12.2 Å². The molecule has 0 bridgehead atoms. The molecule has 1 saturated carbocycles. The van der Waals surface area contributed by atoms with Crippen molar-refractivity contribution in [1.29, 1.82) is 0 Å². The SMILES string of the molecule is CCCOCCOCCOCCOCCNC(=O)OC1CCCC2C(c3ccc(OCCOCCOCCOCCNC(=O)CCN4C(=O)CC(OCCC)C4=O)cc3)=NN=C(C)C2CC1. The molecule has 1 aromatic rings. The molecule has 4 amide bonds. The van der Waals surface area contributed by atoms with Gasteiger partial charge in [0.1, 0.15) is 24.6 Å². The highest BCUT2D eigenvalue weighted by Gasteiger charge is 2.39. The zero-order valence-electron chi connectivity index (χ0n) is 39.5. The number of nitrogens with one attached hydrogen (secondary N) is 2. The zero-order chi connectivity index (χ0) is 47.0. The molecule has 0 aromatic heterocycles. The first kappa shape index (κ1) is 54.5. The number of fused-ring (bicyclic) bond motifs is 1. The Kier molecular flexibility index (Phi) is 27.6. The second kappa shape index (κ2) is 33.4. The van der Waals surface area contributed by atoms with Crippen LogP contribution in [0.2, 0.25) is 0 Å². The number of alkyl carbamates (subject to hydrolysis) is 1. The molecule has 0 radical (unpaired) electrons. The monoisotopic (exact) mass is 934 g/mol. The van der Waals surface area contributed by atoms with Crippen molar-refractivity contribution in [2.45, 2.75) is 90.8 Å².